The first-order valence-corrected chi connectivity index (χ1v) is 10.4. The number of ether oxygens (including phenoxy) is 1. The monoisotopic (exact) mass is 422 g/mol. The number of nitrogens with zero attached hydrogens (tertiary/aromatic N) is 5. The Kier molecular flexibility index (Phi) is 5.11. The molecule has 2 aromatic rings. The van der Waals surface area contributed by atoms with Gasteiger partial charge in [-0.2, -0.15) is 0 Å². The second-order valence-electron chi connectivity index (χ2n) is 7.80. The van der Waals surface area contributed by atoms with Crippen LogP contribution >= 0.6 is 0 Å². The Morgan fingerprint density at radius 1 is 1.45 bits per heavy atom. The molecule has 0 saturated carbocycles. The summed E-state index contributed by atoms with van der Waals surface area (Å²) < 4.78 is 21.9. The number of amides is 1. The Bertz CT molecular complexity index is 1130. The number of hydrogen-bond donors (Lipinski definition) is 1. The Morgan fingerprint density at radius 3 is 3.16 bits per heavy atom. The van der Waals surface area contributed by atoms with E-state index < -0.39 is 0 Å². The molecule has 31 heavy (non-hydrogen) atoms. The molecule has 0 aromatic carbocycles. The summed E-state index contributed by atoms with van der Waals surface area (Å²) in [7, 11) is 0. The number of carbonyl (C=O) groups excluding carboxylic acids is 1. The SMILES string of the molecule is C=CC(=O)N1CC=C(c2cnc(NCC3=C(F)C=CC4OCCC34)n3cnnc23)CC1. The maximum absolute atomic E-state index is 14.5. The largest absolute Gasteiger partial charge is 0.373 e. The van der Waals surface area contributed by atoms with Crippen molar-refractivity contribution in [1.82, 2.24) is 24.5 Å². The van der Waals surface area contributed by atoms with Crippen molar-refractivity contribution >= 4 is 23.1 Å². The molecule has 9 heteroatoms. The molecule has 1 amide bonds. The van der Waals surface area contributed by atoms with Gasteiger partial charge in [-0.25, -0.2) is 9.37 Å². The van der Waals surface area contributed by atoms with Crippen molar-refractivity contribution in [1.29, 1.82) is 0 Å². The summed E-state index contributed by atoms with van der Waals surface area (Å²) in [5, 5.41) is 11.6. The van der Waals surface area contributed by atoms with Crippen LogP contribution in [-0.2, 0) is 9.53 Å². The Labute approximate surface area is 178 Å². The van der Waals surface area contributed by atoms with Crippen LogP contribution in [0.4, 0.5) is 10.3 Å². The van der Waals surface area contributed by atoms with Gasteiger partial charge in [0.25, 0.3) is 0 Å². The van der Waals surface area contributed by atoms with Crippen LogP contribution in [0.3, 0.4) is 0 Å². The van der Waals surface area contributed by atoms with Gasteiger partial charge >= 0.3 is 0 Å². The van der Waals surface area contributed by atoms with Crippen LogP contribution in [0.15, 0.2) is 54.8 Å². The summed E-state index contributed by atoms with van der Waals surface area (Å²) in [6, 6.07) is 0. The van der Waals surface area contributed by atoms with Crippen LogP contribution in [0.5, 0.6) is 0 Å². The van der Waals surface area contributed by atoms with Gasteiger partial charge < -0.3 is 15.0 Å². The minimum absolute atomic E-state index is 0.0488. The molecule has 1 saturated heterocycles. The van der Waals surface area contributed by atoms with Gasteiger partial charge in [-0.15, -0.1) is 10.2 Å². The minimum Gasteiger partial charge on any atom is -0.373 e. The van der Waals surface area contributed by atoms with Crippen LogP contribution in [0.25, 0.3) is 11.2 Å². The van der Waals surface area contributed by atoms with Crippen LogP contribution in [0.2, 0.25) is 0 Å². The van der Waals surface area contributed by atoms with Crippen molar-refractivity contribution in [3.8, 4) is 0 Å². The van der Waals surface area contributed by atoms with Crippen molar-refractivity contribution in [2.24, 2.45) is 5.92 Å². The number of anilines is 1. The molecule has 5 rings (SSSR count). The highest BCUT2D eigenvalue weighted by Crippen LogP contribution is 2.35. The zero-order chi connectivity index (χ0) is 21.4. The number of aromatic nitrogens is 4. The van der Waals surface area contributed by atoms with Gasteiger partial charge in [-0.05, 0) is 36.1 Å². The van der Waals surface area contributed by atoms with Crippen molar-refractivity contribution in [3.63, 3.8) is 0 Å². The molecule has 2 aromatic heterocycles. The second-order valence-corrected chi connectivity index (χ2v) is 7.80. The first-order chi connectivity index (χ1) is 15.2. The third kappa shape index (κ3) is 3.54. The third-order valence-electron chi connectivity index (χ3n) is 6.13. The molecule has 3 aliphatic rings. The molecule has 4 heterocycles. The average Bonchev–Trinajstić information content (AvgIpc) is 3.48. The normalized spacial score (nSPS) is 23.1. The number of rotatable bonds is 5. The van der Waals surface area contributed by atoms with Crippen molar-refractivity contribution in [2.75, 3.05) is 31.6 Å². The lowest BCUT2D eigenvalue weighted by atomic mass is 9.88. The molecule has 8 nitrogen and oxygen atoms in total. The van der Waals surface area contributed by atoms with E-state index in [1.165, 1.54) is 12.2 Å². The van der Waals surface area contributed by atoms with E-state index in [1.807, 2.05) is 6.08 Å². The van der Waals surface area contributed by atoms with Gasteiger partial charge in [0.15, 0.2) is 5.65 Å². The molecular weight excluding hydrogens is 399 g/mol. The van der Waals surface area contributed by atoms with E-state index in [0.717, 1.165) is 17.6 Å². The molecule has 0 spiro atoms. The lowest BCUT2D eigenvalue weighted by Gasteiger charge is -2.25. The fourth-order valence-electron chi connectivity index (χ4n) is 4.45. The quantitative estimate of drug-likeness (QED) is 0.746. The van der Waals surface area contributed by atoms with E-state index in [4.69, 9.17) is 4.74 Å². The fraction of sp³-hybridized carbons (Fsp3) is 0.364. The molecule has 1 N–H and O–H groups in total. The van der Waals surface area contributed by atoms with Crippen LogP contribution in [0, 0.1) is 5.92 Å². The highest BCUT2D eigenvalue weighted by atomic mass is 19.1. The molecule has 1 aliphatic carbocycles. The number of nitrogens with one attached hydrogen (secondary N) is 1. The summed E-state index contributed by atoms with van der Waals surface area (Å²) in [6.07, 6.45) is 11.4. The molecular formula is C22H23FN6O2. The first-order valence-electron chi connectivity index (χ1n) is 10.4. The molecule has 2 aliphatic heterocycles. The van der Waals surface area contributed by atoms with E-state index >= 15 is 0 Å². The number of allylic oxidation sites excluding steroid dienone is 2. The Morgan fingerprint density at radius 2 is 2.35 bits per heavy atom. The van der Waals surface area contributed by atoms with Gasteiger partial charge in [0.05, 0.1) is 6.10 Å². The number of carbonyl (C=O) groups is 1. The zero-order valence-electron chi connectivity index (χ0n) is 17.0. The van der Waals surface area contributed by atoms with Crippen molar-refractivity contribution in [2.45, 2.75) is 18.9 Å². The standard InChI is InChI=1S/C22H23FN6O2/c1-2-20(30)28-8-5-14(6-9-28)16-11-24-22(29-13-26-27-21(16)29)25-12-17-15-7-10-31-19(15)4-3-18(17)23/h2-5,11,13,15,19H,1,6-10,12H2,(H,24,25). The average molecular weight is 422 g/mol. The molecule has 2 unspecified atom stereocenters. The summed E-state index contributed by atoms with van der Waals surface area (Å²) in [5.41, 5.74) is 3.33. The highest BCUT2D eigenvalue weighted by molar-refractivity contribution is 5.88. The van der Waals surface area contributed by atoms with E-state index in [-0.39, 0.29) is 23.8 Å². The summed E-state index contributed by atoms with van der Waals surface area (Å²) >= 11 is 0. The predicted molar refractivity (Wildman–Crippen MR) is 114 cm³/mol. The lowest BCUT2D eigenvalue weighted by molar-refractivity contribution is -0.125. The van der Waals surface area contributed by atoms with Crippen molar-refractivity contribution in [3.05, 3.63) is 60.4 Å². The lowest BCUT2D eigenvalue weighted by Crippen LogP contribution is -2.33. The maximum Gasteiger partial charge on any atom is 0.246 e. The topological polar surface area (TPSA) is 84.7 Å². The van der Waals surface area contributed by atoms with E-state index in [1.54, 1.807) is 27.9 Å². The number of halogens is 1. The smallest absolute Gasteiger partial charge is 0.246 e. The summed E-state index contributed by atoms with van der Waals surface area (Å²) in [4.78, 5) is 18.1. The van der Waals surface area contributed by atoms with Gasteiger partial charge in [0, 0.05) is 43.9 Å². The van der Waals surface area contributed by atoms with Gasteiger partial charge in [0.2, 0.25) is 11.9 Å². The maximum atomic E-state index is 14.5. The third-order valence-corrected chi connectivity index (χ3v) is 6.13. The van der Waals surface area contributed by atoms with Crippen LogP contribution < -0.4 is 5.32 Å². The molecule has 2 atom stereocenters. The predicted octanol–water partition coefficient (Wildman–Crippen LogP) is 2.54. The molecule has 160 valence electrons. The minimum atomic E-state index is -0.207. The summed E-state index contributed by atoms with van der Waals surface area (Å²) in [6.45, 7) is 5.65. The zero-order valence-corrected chi connectivity index (χ0v) is 17.0. The Balaban J connectivity index is 1.37. The van der Waals surface area contributed by atoms with E-state index in [2.05, 4.69) is 27.1 Å². The number of fused-ring (bicyclic) bond motifs is 2. The Hall–Kier alpha value is -3.33. The fourth-order valence-corrected chi connectivity index (χ4v) is 4.45. The summed E-state index contributed by atoms with van der Waals surface area (Å²) in [5.74, 6) is 0.326. The molecule has 0 bridgehead atoms. The second kappa shape index (κ2) is 8.07. The highest BCUT2D eigenvalue weighted by Gasteiger charge is 2.33. The van der Waals surface area contributed by atoms with Gasteiger partial charge in [0.1, 0.15) is 12.2 Å². The van der Waals surface area contributed by atoms with Crippen LogP contribution in [0.1, 0.15) is 18.4 Å². The van der Waals surface area contributed by atoms with E-state index in [9.17, 15) is 9.18 Å². The van der Waals surface area contributed by atoms with Crippen molar-refractivity contribution < 1.29 is 13.9 Å². The van der Waals surface area contributed by atoms with Crippen LogP contribution in [-0.4, -0.2) is 62.7 Å². The van der Waals surface area contributed by atoms with E-state index in [0.29, 0.717) is 49.8 Å². The molecule has 1 fully saturated rings. The first kappa shape index (κ1) is 19.6. The molecule has 0 radical (unpaired) electrons. The van der Waals surface area contributed by atoms with Gasteiger partial charge in [-0.1, -0.05) is 18.7 Å². The number of hydrogen-bond acceptors (Lipinski definition) is 6. The van der Waals surface area contributed by atoms with Gasteiger partial charge in [-0.3, -0.25) is 9.20 Å².